The number of imide groups is 1. The second kappa shape index (κ2) is 8.56. The third-order valence-corrected chi connectivity index (χ3v) is 4.92. The van der Waals surface area contributed by atoms with Gasteiger partial charge in [-0.05, 0) is 36.6 Å². The van der Waals surface area contributed by atoms with E-state index >= 15 is 0 Å². The van der Waals surface area contributed by atoms with Crippen molar-refractivity contribution >= 4 is 29.3 Å². The molecule has 1 aliphatic heterocycles. The molecule has 0 unspecified atom stereocenters. The van der Waals surface area contributed by atoms with Crippen LogP contribution in [0.15, 0.2) is 30.5 Å². The van der Waals surface area contributed by atoms with Crippen molar-refractivity contribution < 1.29 is 14.4 Å². The Morgan fingerprint density at radius 2 is 1.82 bits per heavy atom. The van der Waals surface area contributed by atoms with Crippen LogP contribution in [0, 0.1) is 0 Å². The molecule has 1 aromatic heterocycles. The molecule has 1 aromatic carbocycles. The molecule has 0 aliphatic carbocycles. The van der Waals surface area contributed by atoms with E-state index in [-0.39, 0.29) is 36.5 Å². The van der Waals surface area contributed by atoms with Gasteiger partial charge in [0.05, 0.1) is 23.1 Å². The van der Waals surface area contributed by atoms with Crippen LogP contribution >= 0.6 is 11.6 Å². The summed E-state index contributed by atoms with van der Waals surface area (Å²) in [5.41, 5.74) is 2.15. The monoisotopic (exact) mass is 402 g/mol. The van der Waals surface area contributed by atoms with E-state index in [9.17, 15) is 14.4 Å². The molecule has 1 saturated heterocycles. The predicted octanol–water partition coefficient (Wildman–Crippen LogP) is 2.92. The molecule has 1 fully saturated rings. The molecule has 0 bridgehead atoms. The lowest BCUT2D eigenvalue weighted by atomic mass is 10.0. The van der Waals surface area contributed by atoms with Gasteiger partial charge in [0.2, 0.25) is 11.8 Å². The van der Waals surface area contributed by atoms with Crippen molar-refractivity contribution in [2.24, 2.45) is 0 Å². The summed E-state index contributed by atoms with van der Waals surface area (Å²) in [6.45, 7) is 4.72. The van der Waals surface area contributed by atoms with Crippen LogP contribution in [0.3, 0.4) is 0 Å². The number of halogens is 1. The fourth-order valence-corrected chi connectivity index (χ4v) is 3.41. The van der Waals surface area contributed by atoms with E-state index in [0.717, 1.165) is 11.4 Å². The van der Waals surface area contributed by atoms with E-state index < -0.39 is 0 Å². The van der Waals surface area contributed by atoms with Gasteiger partial charge in [0.1, 0.15) is 0 Å². The molecule has 1 N–H and O–H groups in total. The van der Waals surface area contributed by atoms with Gasteiger partial charge in [-0.2, -0.15) is 5.10 Å². The molecule has 0 atom stereocenters. The fourth-order valence-electron chi connectivity index (χ4n) is 3.28. The summed E-state index contributed by atoms with van der Waals surface area (Å²) in [5.74, 6) is -0.410. The summed E-state index contributed by atoms with van der Waals surface area (Å²) in [6, 6.07) is 7.27. The molecule has 2 heterocycles. The molecule has 1 aliphatic rings. The highest BCUT2D eigenvalue weighted by Gasteiger charge is 2.28. The van der Waals surface area contributed by atoms with E-state index in [0.29, 0.717) is 30.1 Å². The lowest BCUT2D eigenvalue weighted by molar-refractivity contribution is -0.138. The van der Waals surface area contributed by atoms with Gasteiger partial charge in [-0.25, -0.2) is 4.68 Å². The highest BCUT2D eigenvalue weighted by molar-refractivity contribution is 6.30. The van der Waals surface area contributed by atoms with Gasteiger partial charge in [0.25, 0.3) is 5.91 Å². The Balaban J connectivity index is 1.65. The maximum absolute atomic E-state index is 12.7. The van der Waals surface area contributed by atoms with Gasteiger partial charge in [0, 0.05) is 31.0 Å². The lowest BCUT2D eigenvalue weighted by Gasteiger charge is -2.15. The number of nitrogens with one attached hydrogen (secondary N) is 1. The van der Waals surface area contributed by atoms with Crippen molar-refractivity contribution in [3.05, 3.63) is 46.7 Å². The number of rotatable bonds is 7. The summed E-state index contributed by atoms with van der Waals surface area (Å²) >= 11 is 5.95. The topological polar surface area (TPSA) is 84.3 Å². The van der Waals surface area contributed by atoms with E-state index in [4.69, 9.17) is 11.6 Å². The molecule has 0 saturated carbocycles. The zero-order valence-electron chi connectivity index (χ0n) is 15.9. The molecule has 148 valence electrons. The van der Waals surface area contributed by atoms with Crippen LogP contribution in [0.4, 0.5) is 0 Å². The highest BCUT2D eigenvalue weighted by atomic mass is 35.5. The number of benzene rings is 1. The zero-order chi connectivity index (χ0) is 20.3. The standard InChI is InChI=1S/C20H23ClN4O3/c1-13(2)19-16(12-23-25(19)15-6-4-14(21)5-7-15)20(28)22-10-3-11-24-17(26)8-9-18(24)27/h4-7,12-13H,3,8-11H2,1-2H3,(H,22,28). The Bertz CT molecular complexity index is 873. The van der Waals surface area contributed by atoms with Crippen molar-refractivity contribution in [2.75, 3.05) is 13.1 Å². The average molecular weight is 403 g/mol. The minimum atomic E-state index is -0.219. The van der Waals surface area contributed by atoms with Gasteiger partial charge in [-0.1, -0.05) is 25.4 Å². The molecule has 2 aromatic rings. The first-order valence-corrected chi connectivity index (χ1v) is 9.71. The Morgan fingerprint density at radius 1 is 1.18 bits per heavy atom. The predicted molar refractivity (Wildman–Crippen MR) is 106 cm³/mol. The summed E-state index contributed by atoms with van der Waals surface area (Å²) in [6.07, 6.45) is 2.65. The van der Waals surface area contributed by atoms with E-state index in [1.54, 1.807) is 23.0 Å². The number of hydrogen-bond donors (Lipinski definition) is 1. The van der Waals surface area contributed by atoms with E-state index in [1.165, 1.54) is 4.90 Å². The first-order chi connectivity index (χ1) is 13.4. The smallest absolute Gasteiger partial charge is 0.254 e. The van der Waals surface area contributed by atoms with Crippen LogP contribution < -0.4 is 5.32 Å². The molecule has 3 amide bonds. The lowest BCUT2D eigenvalue weighted by Crippen LogP contribution is -2.33. The number of likely N-dealkylation sites (tertiary alicyclic amines) is 1. The van der Waals surface area contributed by atoms with Gasteiger partial charge < -0.3 is 5.32 Å². The minimum absolute atomic E-state index is 0.0822. The van der Waals surface area contributed by atoms with Crippen LogP contribution in [0.2, 0.25) is 5.02 Å². The number of amides is 3. The number of carbonyl (C=O) groups is 3. The van der Waals surface area contributed by atoms with Crippen LogP contribution in [0.1, 0.15) is 55.1 Å². The normalized spacial score (nSPS) is 14.2. The van der Waals surface area contributed by atoms with Crippen LogP contribution in [-0.2, 0) is 9.59 Å². The van der Waals surface area contributed by atoms with Crippen LogP contribution in [0.25, 0.3) is 5.69 Å². The van der Waals surface area contributed by atoms with E-state index in [1.807, 2.05) is 26.0 Å². The Kier molecular flexibility index (Phi) is 6.14. The molecule has 7 nitrogen and oxygen atoms in total. The first kappa shape index (κ1) is 20.1. The molecule has 8 heteroatoms. The summed E-state index contributed by atoms with van der Waals surface area (Å²) in [4.78, 5) is 37.2. The highest BCUT2D eigenvalue weighted by Crippen LogP contribution is 2.24. The maximum Gasteiger partial charge on any atom is 0.254 e. The summed E-state index contributed by atoms with van der Waals surface area (Å²) in [7, 11) is 0. The largest absolute Gasteiger partial charge is 0.352 e. The molecule has 3 rings (SSSR count). The van der Waals surface area contributed by atoms with Crippen LogP contribution in [-0.4, -0.2) is 45.5 Å². The van der Waals surface area contributed by atoms with E-state index in [2.05, 4.69) is 10.4 Å². The number of nitrogens with zero attached hydrogens (tertiary/aromatic N) is 3. The van der Waals surface area contributed by atoms with Crippen molar-refractivity contribution in [1.82, 2.24) is 20.0 Å². The molecular formula is C20H23ClN4O3. The molecular weight excluding hydrogens is 380 g/mol. The summed E-state index contributed by atoms with van der Waals surface area (Å²) in [5, 5.41) is 7.88. The van der Waals surface area contributed by atoms with Crippen molar-refractivity contribution in [3.8, 4) is 5.69 Å². The Morgan fingerprint density at radius 3 is 2.43 bits per heavy atom. The van der Waals surface area contributed by atoms with Gasteiger partial charge in [0.15, 0.2) is 0 Å². The second-order valence-electron chi connectivity index (χ2n) is 7.03. The zero-order valence-corrected chi connectivity index (χ0v) is 16.7. The quantitative estimate of drug-likeness (QED) is 0.570. The number of aromatic nitrogens is 2. The third-order valence-electron chi connectivity index (χ3n) is 4.67. The minimum Gasteiger partial charge on any atom is -0.352 e. The fraction of sp³-hybridized carbons (Fsp3) is 0.400. The second-order valence-corrected chi connectivity index (χ2v) is 7.47. The van der Waals surface area contributed by atoms with Crippen molar-refractivity contribution in [1.29, 1.82) is 0 Å². The van der Waals surface area contributed by atoms with Gasteiger partial charge in [-0.15, -0.1) is 0 Å². The van der Waals surface area contributed by atoms with Gasteiger partial charge in [-0.3, -0.25) is 19.3 Å². The third kappa shape index (κ3) is 4.25. The Labute approximate surface area is 168 Å². The molecule has 28 heavy (non-hydrogen) atoms. The van der Waals surface area contributed by atoms with Gasteiger partial charge >= 0.3 is 0 Å². The maximum atomic E-state index is 12.7. The SMILES string of the molecule is CC(C)c1c(C(=O)NCCCN2C(=O)CCC2=O)cnn1-c1ccc(Cl)cc1. The number of carbonyl (C=O) groups excluding carboxylic acids is 3. The first-order valence-electron chi connectivity index (χ1n) is 9.33. The number of hydrogen-bond acceptors (Lipinski definition) is 4. The molecule has 0 radical (unpaired) electrons. The molecule has 0 spiro atoms. The Hall–Kier alpha value is -2.67. The summed E-state index contributed by atoms with van der Waals surface area (Å²) < 4.78 is 1.75. The average Bonchev–Trinajstić information content (AvgIpc) is 3.24. The van der Waals surface area contributed by atoms with Crippen molar-refractivity contribution in [2.45, 2.75) is 39.0 Å². The van der Waals surface area contributed by atoms with Crippen LogP contribution in [0.5, 0.6) is 0 Å². The van der Waals surface area contributed by atoms with Crippen molar-refractivity contribution in [3.63, 3.8) is 0 Å².